The van der Waals surface area contributed by atoms with Crippen molar-refractivity contribution in [1.29, 1.82) is 0 Å². The molecule has 26 heavy (non-hydrogen) atoms. The lowest BCUT2D eigenvalue weighted by molar-refractivity contribution is 0.201. The van der Waals surface area contributed by atoms with Crippen LogP contribution in [0.4, 0.5) is 10.7 Å². The summed E-state index contributed by atoms with van der Waals surface area (Å²) in [6, 6.07) is 6.85. The lowest BCUT2D eigenvalue weighted by Crippen LogP contribution is -2.31. The molecule has 0 radical (unpaired) electrons. The van der Waals surface area contributed by atoms with Crippen molar-refractivity contribution in [2.75, 3.05) is 18.6 Å². The van der Waals surface area contributed by atoms with E-state index < -0.39 is 6.09 Å². The zero-order valence-corrected chi connectivity index (χ0v) is 16.3. The molecule has 3 aromatic rings. The van der Waals surface area contributed by atoms with Crippen LogP contribution in [0.2, 0.25) is 0 Å². The molecular weight excluding hydrogens is 451 g/mol. The maximum Gasteiger partial charge on any atom is 0.414 e. The molecule has 3 rings (SSSR count). The highest BCUT2D eigenvalue weighted by Gasteiger charge is 2.22. The summed E-state index contributed by atoms with van der Waals surface area (Å²) in [5, 5.41) is 19.3. The van der Waals surface area contributed by atoms with Gasteiger partial charge in [0.15, 0.2) is 17.1 Å². The third-order valence-electron chi connectivity index (χ3n) is 3.90. The van der Waals surface area contributed by atoms with Crippen LogP contribution < -0.4 is 9.64 Å². The summed E-state index contributed by atoms with van der Waals surface area (Å²) in [6.45, 7) is 2.34. The van der Waals surface area contributed by atoms with Gasteiger partial charge in [0, 0.05) is 16.3 Å². The summed E-state index contributed by atoms with van der Waals surface area (Å²) in [6.07, 6.45) is 0.626. The number of aromatic hydroxyl groups is 1. The first-order chi connectivity index (χ1) is 12.4. The number of carboxylic acid groups (broad SMARTS) is 1. The number of hydrogen-bond acceptors (Lipinski definition) is 5. The highest BCUT2D eigenvalue weighted by atomic mass is 127. The van der Waals surface area contributed by atoms with E-state index in [-0.39, 0.29) is 12.3 Å². The highest BCUT2D eigenvalue weighted by molar-refractivity contribution is 14.1. The second-order valence-corrected chi connectivity index (χ2v) is 6.77. The zero-order valence-electron chi connectivity index (χ0n) is 14.2. The molecule has 9 heteroatoms. The van der Waals surface area contributed by atoms with Crippen molar-refractivity contribution in [1.82, 2.24) is 14.5 Å². The van der Waals surface area contributed by atoms with Gasteiger partial charge in [-0.3, -0.25) is 4.57 Å². The molecule has 0 aliphatic rings. The van der Waals surface area contributed by atoms with Crippen molar-refractivity contribution in [3.63, 3.8) is 0 Å². The number of rotatable bonds is 5. The van der Waals surface area contributed by atoms with Gasteiger partial charge in [-0.05, 0) is 53.3 Å². The summed E-state index contributed by atoms with van der Waals surface area (Å²) in [5.41, 5.74) is 2.03. The van der Waals surface area contributed by atoms with Gasteiger partial charge >= 0.3 is 6.09 Å². The summed E-state index contributed by atoms with van der Waals surface area (Å²) in [5.74, 6) is 0.693. The Kier molecular flexibility index (Phi) is 5.16. The fourth-order valence-electron chi connectivity index (χ4n) is 2.69. The normalized spacial score (nSPS) is 10.9. The molecule has 0 aliphatic carbocycles. The van der Waals surface area contributed by atoms with Crippen LogP contribution in [-0.4, -0.2) is 44.5 Å². The fourth-order valence-corrected chi connectivity index (χ4v) is 3.13. The number of ether oxygens (including phenoxy) is 1. The molecule has 136 valence electrons. The van der Waals surface area contributed by atoms with Crippen LogP contribution in [0.5, 0.6) is 11.5 Å². The fraction of sp³-hybridized carbons (Fsp3) is 0.235. The molecule has 2 heterocycles. The molecule has 0 spiro atoms. The number of nitrogens with zero attached hydrogens (tertiary/aromatic N) is 4. The molecule has 2 N–H and O–H groups in total. The van der Waals surface area contributed by atoms with Gasteiger partial charge in [0.2, 0.25) is 5.95 Å². The van der Waals surface area contributed by atoms with Crippen LogP contribution in [0, 0.1) is 3.57 Å². The van der Waals surface area contributed by atoms with Crippen molar-refractivity contribution in [2.24, 2.45) is 0 Å². The number of phenolic OH excluding ortho intramolecular Hbond substituents is 1. The van der Waals surface area contributed by atoms with E-state index in [2.05, 4.69) is 32.6 Å². The van der Waals surface area contributed by atoms with E-state index in [9.17, 15) is 15.0 Å². The number of pyridine rings is 1. The quantitative estimate of drug-likeness (QED) is 0.558. The molecule has 2 aromatic heterocycles. The Labute approximate surface area is 163 Å². The van der Waals surface area contributed by atoms with Crippen molar-refractivity contribution in [2.45, 2.75) is 13.5 Å². The van der Waals surface area contributed by atoms with E-state index in [0.29, 0.717) is 29.4 Å². The molecule has 0 atom stereocenters. The van der Waals surface area contributed by atoms with Crippen molar-refractivity contribution in [3.05, 3.63) is 39.6 Å². The summed E-state index contributed by atoms with van der Waals surface area (Å²) >= 11 is 2.14. The Morgan fingerprint density at radius 1 is 1.38 bits per heavy atom. The zero-order chi connectivity index (χ0) is 18.8. The molecule has 0 bridgehead atoms. The van der Waals surface area contributed by atoms with E-state index in [1.807, 2.05) is 6.07 Å². The van der Waals surface area contributed by atoms with Gasteiger partial charge in [0.25, 0.3) is 0 Å². The van der Waals surface area contributed by atoms with E-state index in [0.717, 1.165) is 9.13 Å². The Morgan fingerprint density at radius 2 is 2.15 bits per heavy atom. The average molecular weight is 468 g/mol. The Bertz CT molecular complexity index is 973. The summed E-state index contributed by atoms with van der Waals surface area (Å²) in [7, 11) is 1.48. The van der Waals surface area contributed by atoms with E-state index in [1.165, 1.54) is 18.1 Å². The predicted molar refractivity (Wildman–Crippen MR) is 105 cm³/mol. The van der Waals surface area contributed by atoms with Gasteiger partial charge in [-0.1, -0.05) is 6.07 Å². The number of hydrogen-bond donors (Lipinski definition) is 2. The molecule has 1 amide bonds. The number of benzene rings is 1. The molecule has 0 unspecified atom stereocenters. The maximum atomic E-state index is 11.6. The number of phenols is 1. The molecular formula is C17H17IN4O4. The second kappa shape index (κ2) is 7.36. The maximum absolute atomic E-state index is 11.6. The smallest absolute Gasteiger partial charge is 0.414 e. The number of halogens is 1. The van der Waals surface area contributed by atoms with Crippen LogP contribution >= 0.6 is 22.6 Å². The van der Waals surface area contributed by atoms with Crippen LogP contribution in [-0.2, 0) is 6.54 Å². The third kappa shape index (κ3) is 3.39. The van der Waals surface area contributed by atoms with Crippen molar-refractivity contribution >= 4 is 45.8 Å². The Hall–Kier alpha value is -2.56. The first-order valence-corrected chi connectivity index (χ1v) is 8.90. The van der Waals surface area contributed by atoms with E-state index in [4.69, 9.17) is 4.74 Å². The predicted octanol–water partition coefficient (Wildman–Crippen LogP) is 3.30. The first kappa shape index (κ1) is 18.2. The van der Waals surface area contributed by atoms with Gasteiger partial charge in [0.05, 0.1) is 13.7 Å². The van der Waals surface area contributed by atoms with Crippen molar-refractivity contribution < 1.29 is 19.7 Å². The largest absolute Gasteiger partial charge is 0.504 e. The number of aromatic nitrogens is 3. The van der Waals surface area contributed by atoms with E-state index in [1.54, 1.807) is 29.8 Å². The molecule has 8 nitrogen and oxygen atoms in total. The monoisotopic (exact) mass is 468 g/mol. The van der Waals surface area contributed by atoms with E-state index >= 15 is 0 Å². The topological polar surface area (TPSA) is 101 Å². The standard InChI is InChI=1S/C17H17IN4O4/c1-3-21(17(24)25)16-20-12-7-11(18)8-19-15(12)22(16)9-10-4-5-13(23)14(6-10)26-2/h4-8,23H,3,9H2,1-2H3,(H,24,25). The Morgan fingerprint density at radius 3 is 2.81 bits per heavy atom. The minimum atomic E-state index is -1.08. The highest BCUT2D eigenvalue weighted by Crippen LogP contribution is 2.29. The molecule has 0 aliphatic heterocycles. The summed E-state index contributed by atoms with van der Waals surface area (Å²) < 4.78 is 7.81. The first-order valence-electron chi connectivity index (χ1n) is 7.82. The van der Waals surface area contributed by atoms with Gasteiger partial charge in [-0.15, -0.1) is 0 Å². The molecule has 1 aromatic carbocycles. The number of imidazole rings is 1. The van der Waals surface area contributed by atoms with Crippen LogP contribution in [0.25, 0.3) is 11.2 Å². The lowest BCUT2D eigenvalue weighted by Gasteiger charge is -2.18. The number of methoxy groups -OCH3 is 1. The minimum absolute atomic E-state index is 0.0420. The Balaban J connectivity index is 2.15. The number of anilines is 1. The van der Waals surface area contributed by atoms with Gasteiger partial charge < -0.3 is 14.9 Å². The van der Waals surface area contributed by atoms with Crippen LogP contribution in [0.3, 0.4) is 0 Å². The van der Waals surface area contributed by atoms with Crippen molar-refractivity contribution in [3.8, 4) is 11.5 Å². The lowest BCUT2D eigenvalue weighted by atomic mass is 10.2. The number of carbonyl (C=O) groups is 1. The van der Waals surface area contributed by atoms with Gasteiger partial charge in [0.1, 0.15) is 5.52 Å². The number of amides is 1. The average Bonchev–Trinajstić information content (AvgIpc) is 2.94. The number of fused-ring (bicyclic) bond motifs is 1. The van der Waals surface area contributed by atoms with Gasteiger partial charge in [-0.2, -0.15) is 0 Å². The second-order valence-electron chi connectivity index (χ2n) is 5.53. The van der Waals surface area contributed by atoms with Crippen LogP contribution in [0.15, 0.2) is 30.5 Å². The molecule has 0 saturated heterocycles. The SMILES string of the molecule is CCN(C(=O)O)c1nc2cc(I)cnc2n1Cc1ccc(O)c(OC)c1. The van der Waals surface area contributed by atoms with Crippen LogP contribution in [0.1, 0.15) is 12.5 Å². The summed E-state index contributed by atoms with van der Waals surface area (Å²) in [4.78, 5) is 21.7. The third-order valence-corrected chi connectivity index (χ3v) is 4.49. The molecule has 0 saturated carbocycles. The minimum Gasteiger partial charge on any atom is -0.504 e. The van der Waals surface area contributed by atoms with Gasteiger partial charge in [-0.25, -0.2) is 19.7 Å². The molecule has 0 fully saturated rings.